The van der Waals surface area contributed by atoms with Gasteiger partial charge < -0.3 is 5.32 Å². The zero-order chi connectivity index (χ0) is 14.9. The largest absolute Gasteiger partial charge is 0.316 e. The summed E-state index contributed by atoms with van der Waals surface area (Å²) >= 11 is 0. The second-order valence-corrected chi connectivity index (χ2v) is 6.12. The molecule has 1 N–H and O–H groups in total. The molecule has 1 aliphatic carbocycles. The van der Waals surface area contributed by atoms with Gasteiger partial charge in [-0.25, -0.2) is 4.68 Å². The molecule has 21 heavy (non-hydrogen) atoms. The van der Waals surface area contributed by atoms with Crippen molar-refractivity contribution in [1.29, 1.82) is 0 Å². The van der Waals surface area contributed by atoms with Crippen LogP contribution < -0.4 is 5.32 Å². The van der Waals surface area contributed by atoms with Crippen molar-refractivity contribution in [2.75, 3.05) is 7.05 Å². The lowest BCUT2D eigenvalue weighted by Gasteiger charge is -2.56. The maximum Gasteiger partial charge on any atom is 0.0645 e. The lowest BCUT2D eigenvalue weighted by atomic mass is 9.52. The molecule has 1 fully saturated rings. The van der Waals surface area contributed by atoms with Gasteiger partial charge in [-0.05, 0) is 55.3 Å². The molecule has 2 atom stereocenters. The Morgan fingerprint density at radius 1 is 1.24 bits per heavy atom. The first kappa shape index (κ1) is 14.3. The SMILES string of the molecule is CCC1(CC)C(NC)CC1c1cnn(-c2ccccc2)c1. The van der Waals surface area contributed by atoms with E-state index in [1.807, 2.05) is 10.7 Å². The summed E-state index contributed by atoms with van der Waals surface area (Å²) in [6.45, 7) is 4.64. The molecule has 3 nitrogen and oxygen atoms in total. The standard InChI is InChI=1S/C18H25N3/c1-4-18(5-2)16(11-17(18)19-3)14-12-20-21(13-14)15-9-7-6-8-10-15/h6-10,12-13,16-17,19H,4-5,11H2,1-3H3. The molecule has 3 heteroatoms. The molecule has 0 bridgehead atoms. The van der Waals surface area contributed by atoms with E-state index in [1.54, 1.807) is 0 Å². The second kappa shape index (κ2) is 5.64. The summed E-state index contributed by atoms with van der Waals surface area (Å²) in [5.74, 6) is 0.627. The first-order valence-corrected chi connectivity index (χ1v) is 8.02. The van der Waals surface area contributed by atoms with Gasteiger partial charge in [-0.2, -0.15) is 5.10 Å². The number of para-hydroxylation sites is 1. The second-order valence-electron chi connectivity index (χ2n) is 6.12. The minimum Gasteiger partial charge on any atom is -0.316 e. The Hall–Kier alpha value is -1.61. The quantitative estimate of drug-likeness (QED) is 0.905. The molecule has 0 aliphatic heterocycles. The Labute approximate surface area is 127 Å². The van der Waals surface area contributed by atoms with Crippen molar-refractivity contribution in [3.63, 3.8) is 0 Å². The number of rotatable bonds is 5. The van der Waals surface area contributed by atoms with Crippen molar-refractivity contribution >= 4 is 0 Å². The van der Waals surface area contributed by atoms with Gasteiger partial charge in [-0.3, -0.25) is 0 Å². The van der Waals surface area contributed by atoms with Crippen LogP contribution in [0.3, 0.4) is 0 Å². The number of benzene rings is 1. The number of nitrogens with zero attached hydrogens (tertiary/aromatic N) is 2. The van der Waals surface area contributed by atoms with E-state index < -0.39 is 0 Å². The number of hydrogen-bond donors (Lipinski definition) is 1. The molecule has 1 aliphatic rings. The van der Waals surface area contributed by atoms with E-state index in [1.165, 1.54) is 24.8 Å². The van der Waals surface area contributed by atoms with E-state index in [9.17, 15) is 0 Å². The molecule has 1 aromatic heterocycles. The monoisotopic (exact) mass is 283 g/mol. The molecule has 0 spiro atoms. The number of hydrogen-bond acceptors (Lipinski definition) is 2. The Morgan fingerprint density at radius 2 is 1.95 bits per heavy atom. The smallest absolute Gasteiger partial charge is 0.0645 e. The van der Waals surface area contributed by atoms with Crippen LogP contribution in [-0.4, -0.2) is 22.9 Å². The molecule has 1 aromatic carbocycles. The summed E-state index contributed by atoms with van der Waals surface area (Å²) in [6, 6.07) is 11.0. The van der Waals surface area contributed by atoms with E-state index >= 15 is 0 Å². The van der Waals surface area contributed by atoms with Crippen LogP contribution in [0.2, 0.25) is 0 Å². The zero-order valence-electron chi connectivity index (χ0n) is 13.2. The fraction of sp³-hybridized carbons (Fsp3) is 0.500. The van der Waals surface area contributed by atoms with Gasteiger partial charge in [0.05, 0.1) is 11.9 Å². The Balaban J connectivity index is 1.87. The molecule has 0 amide bonds. The van der Waals surface area contributed by atoms with Crippen molar-refractivity contribution in [1.82, 2.24) is 15.1 Å². The maximum atomic E-state index is 4.57. The van der Waals surface area contributed by atoms with Gasteiger partial charge in [0.1, 0.15) is 0 Å². The fourth-order valence-corrected chi connectivity index (χ4v) is 4.14. The van der Waals surface area contributed by atoms with Gasteiger partial charge in [0.25, 0.3) is 0 Å². The molecule has 2 aromatic rings. The third-order valence-electron chi connectivity index (χ3n) is 5.55. The molecule has 112 valence electrons. The minimum absolute atomic E-state index is 0.388. The molecule has 1 saturated carbocycles. The summed E-state index contributed by atoms with van der Waals surface area (Å²) < 4.78 is 2.00. The predicted octanol–water partition coefficient (Wildman–Crippen LogP) is 3.75. The lowest BCUT2D eigenvalue weighted by Crippen LogP contribution is -2.57. The van der Waals surface area contributed by atoms with Crippen LogP contribution in [-0.2, 0) is 0 Å². The first-order chi connectivity index (χ1) is 10.2. The number of aromatic nitrogens is 2. The van der Waals surface area contributed by atoms with E-state index in [4.69, 9.17) is 0 Å². The van der Waals surface area contributed by atoms with E-state index in [0.29, 0.717) is 17.4 Å². The fourth-order valence-electron chi connectivity index (χ4n) is 4.14. The van der Waals surface area contributed by atoms with Crippen molar-refractivity contribution in [3.8, 4) is 5.69 Å². The zero-order valence-corrected chi connectivity index (χ0v) is 13.2. The van der Waals surface area contributed by atoms with Gasteiger partial charge >= 0.3 is 0 Å². The van der Waals surface area contributed by atoms with Gasteiger partial charge in [0.2, 0.25) is 0 Å². The van der Waals surface area contributed by atoms with Gasteiger partial charge in [-0.15, -0.1) is 0 Å². The maximum absolute atomic E-state index is 4.57. The van der Waals surface area contributed by atoms with Crippen molar-refractivity contribution in [2.45, 2.75) is 45.1 Å². The normalized spacial score (nSPS) is 23.8. The first-order valence-electron chi connectivity index (χ1n) is 8.02. The highest BCUT2D eigenvalue weighted by molar-refractivity contribution is 5.33. The predicted molar refractivity (Wildman–Crippen MR) is 86.8 cm³/mol. The lowest BCUT2D eigenvalue weighted by molar-refractivity contribution is 0.0245. The van der Waals surface area contributed by atoms with Crippen molar-refractivity contribution < 1.29 is 0 Å². The van der Waals surface area contributed by atoms with Crippen LogP contribution >= 0.6 is 0 Å². The summed E-state index contributed by atoms with van der Waals surface area (Å²) in [5.41, 5.74) is 2.90. The average molecular weight is 283 g/mol. The van der Waals surface area contributed by atoms with Crippen molar-refractivity contribution in [2.24, 2.45) is 5.41 Å². The van der Waals surface area contributed by atoms with E-state index in [-0.39, 0.29) is 0 Å². The summed E-state index contributed by atoms with van der Waals surface area (Å²) in [5, 5.41) is 8.08. The molecule has 0 saturated heterocycles. The summed E-state index contributed by atoms with van der Waals surface area (Å²) in [4.78, 5) is 0. The van der Waals surface area contributed by atoms with Gasteiger partial charge in [0.15, 0.2) is 0 Å². The third kappa shape index (κ3) is 2.20. The summed E-state index contributed by atoms with van der Waals surface area (Å²) in [6.07, 6.45) is 7.93. The summed E-state index contributed by atoms with van der Waals surface area (Å²) in [7, 11) is 2.09. The molecule has 3 rings (SSSR count). The Bertz CT molecular complexity index is 584. The highest BCUT2D eigenvalue weighted by Crippen LogP contribution is 2.57. The van der Waals surface area contributed by atoms with Crippen LogP contribution in [0.1, 0.15) is 44.6 Å². The Morgan fingerprint density at radius 3 is 2.57 bits per heavy atom. The topological polar surface area (TPSA) is 29.9 Å². The van der Waals surface area contributed by atoms with Crippen LogP contribution in [0.4, 0.5) is 0 Å². The van der Waals surface area contributed by atoms with E-state index in [2.05, 4.69) is 68.0 Å². The molecule has 0 radical (unpaired) electrons. The van der Waals surface area contributed by atoms with Crippen LogP contribution in [0, 0.1) is 5.41 Å². The average Bonchev–Trinajstić information content (AvgIpc) is 2.98. The van der Waals surface area contributed by atoms with Crippen LogP contribution in [0.15, 0.2) is 42.7 Å². The molecule has 1 heterocycles. The molecular formula is C18H25N3. The van der Waals surface area contributed by atoms with E-state index in [0.717, 1.165) is 5.69 Å². The van der Waals surface area contributed by atoms with Crippen molar-refractivity contribution in [3.05, 3.63) is 48.3 Å². The number of nitrogens with one attached hydrogen (secondary N) is 1. The van der Waals surface area contributed by atoms with Crippen LogP contribution in [0.25, 0.3) is 5.69 Å². The molecule has 2 unspecified atom stereocenters. The van der Waals surface area contributed by atoms with Gasteiger partial charge in [0, 0.05) is 12.2 Å². The third-order valence-corrected chi connectivity index (χ3v) is 5.55. The minimum atomic E-state index is 0.388. The van der Waals surface area contributed by atoms with Gasteiger partial charge in [-0.1, -0.05) is 32.0 Å². The Kier molecular flexibility index (Phi) is 3.85. The van der Waals surface area contributed by atoms with Crippen LogP contribution in [0.5, 0.6) is 0 Å². The highest BCUT2D eigenvalue weighted by atomic mass is 15.3. The highest BCUT2D eigenvalue weighted by Gasteiger charge is 2.52. The molecular weight excluding hydrogens is 258 g/mol.